The van der Waals surface area contributed by atoms with Crippen molar-refractivity contribution in [1.29, 1.82) is 0 Å². The van der Waals surface area contributed by atoms with Gasteiger partial charge in [0.2, 0.25) is 0 Å². The normalized spacial score (nSPS) is 26.4. The zero-order valence-corrected chi connectivity index (χ0v) is 12.5. The summed E-state index contributed by atoms with van der Waals surface area (Å²) in [5, 5.41) is 11.6. The van der Waals surface area contributed by atoms with Crippen molar-refractivity contribution in [3.05, 3.63) is 11.9 Å². The molecule has 0 amide bonds. The van der Waals surface area contributed by atoms with Gasteiger partial charge in [-0.1, -0.05) is 31.9 Å². The number of methoxy groups -OCH3 is 1. The number of nitrogens with zero attached hydrogens (tertiary/aromatic N) is 3. The molecule has 0 aliphatic heterocycles. The lowest BCUT2D eigenvalue weighted by atomic mass is 9.78. The van der Waals surface area contributed by atoms with Crippen LogP contribution in [0, 0.1) is 11.8 Å². The third kappa shape index (κ3) is 3.79. The van der Waals surface area contributed by atoms with Gasteiger partial charge in [-0.15, -0.1) is 5.10 Å². The number of nitrogens with one attached hydrogen (secondary N) is 1. The lowest BCUT2D eigenvalue weighted by Crippen LogP contribution is -2.40. The van der Waals surface area contributed by atoms with Gasteiger partial charge < -0.3 is 10.1 Å². The molecule has 1 heterocycles. The Labute approximate surface area is 119 Å². The summed E-state index contributed by atoms with van der Waals surface area (Å²) in [5.74, 6) is 1.15. The summed E-state index contributed by atoms with van der Waals surface area (Å²) in [7, 11) is 1.37. The number of ether oxygens (including phenoxy) is 1. The van der Waals surface area contributed by atoms with Gasteiger partial charge >= 0.3 is 5.97 Å². The fourth-order valence-corrected chi connectivity index (χ4v) is 2.80. The first-order chi connectivity index (χ1) is 9.60. The van der Waals surface area contributed by atoms with Crippen LogP contribution in [0.15, 0.2) is 6.20 Å². The van der Waals surface area contributed by atoms with Crippen LogP contribution in [-0.2, 0) is 22.6 Å². The molecule has 1 aliphatic carbocycles. The van der Waals surface area contributed by atoms with E-state index in [1.807, 2.05) is 0 Å². The topological polar surface area (TPSA) is 69.0 Å². The molecule has 3 atom stereocenters. The Balaban J connectivity index is 1.83. The zero-order valence-electron chi connectivity index (χ0n) is 12.5. The van der Waals surface area contributed by atoms with E-state index in [9.17, 15) is 4.79 Å². The highest BCUT2D eigenvalue weighted by molar-refractivity contribution is 5.68. The highest BCUT2D eigenvalue weighted by Gasteiger charge is 2.26. The first kappa shape index (κ1) is 15.0. The van der Waals surface area contributed by atoms with Crippen LogP contribution in [0.3, 0.4) is 0 Å². The molecule has 0 saturated heterocycles. The summed E-state index contributed by atoms with van der Waals surface area (Å²) < 4.78 is 6.11. The molecule has 1 fully saturated rings. The number of rotatable bonds is 5. The van der Waals surface area contributed by atoms with Gasteiger partial charge in [0.15, 0.2) is 0 Å². The molecule has 1 saturated carbocycles. The number of carbonyl (C=O) groups is 1. The van der Waals surface area contributed by atoms with Gasteiger partial charge in [0, 0.05) is 12.6 Å². The number of carbonyl (C=O) groups excluding carboxylic acids is 1. The van der Waals surface area contributed by atoms with Gasteiger partial charge in [0.1, 0.15) is 6.54 Å². The molecule has 20 heavy (non-hydrogen) atoms. The van der Waals surface area contributed by atoms with Crippen LogP contribution in [0.2, 0.25) is 0 Å². The standard InChI is InChI=1S/C14H24N4O2/c1-10-5-4-6-13(11(10)2)15-7-12-8-18(17-16-12)9-14(19)20-3/h8,10-11,13,15H,4-7,9H2,1-3H3/t10-,11+,13+/m0/s1. The SMILES string of the molecule is COC(=O)Cn1cc(CN[C@@H]2CCC[C@H](C)[C@H]2C)nn1. The maximum atomic E-state index is 11.1. The third-order valence-electron chi connectivity index (χ3n) is 4.36. The van der Waals surface area contributed by atoms with Gasteiger partial charge in [0.05, 0.1) is 19.0 Å². The molecule has 0 aromatic carbocycles. The average molecular weight is 280 g/mol. The quantitative estimate of drug-likeness (QED) is 0.825. The molecule has 2 rings (SSSR count). The molecule has 0 spiro atoms. The van der Waals surface area contributed by atoms with E-state index in [1.54, 1.807) is 6.20 Å². The molecule has 6 nitrogen and oxygen atoms in total. The minimum atomic E-state index is -0.316. The van der Waals surface area contributed by atoms with Crippen molar-refractivity contribution in [2.75, 3.05) is 7.11 Å². The molecule has 0 unspecified atom stereocenters. The molecule has 6 heteroatoms. The molecule has 0 bridgehead atoms. The smallest absolute Gasteiger partial charge is 0.327 e. The highest BCUT2D eigenvalue weighted by atomic mass is 16.5. The highest BCUT2D eigenvalue weighted by Crippen LogP contribution is 2.29. The van der Waals surface area contributed by atoms with Crippen molar-refractivity contribution in [2.24, 2.45) is 11.8 Å². The van der Waals surface area contributed by atoms with E-state index in [4.69, 9.17) is 0 Å². The van der Waals surface area contributed by atoms with Crippen LogP contribution in [-0.4, -0.2) is 34.1 Å². The van der Waals surface area contributed by atoms with E-state index < -0.39 is 0 Å². The van der Waals surface area contributed by atoms with Crippen LogP contribution in [0.25, 0.3) is 0 Å². The predicted octanol–water partition coefficient (Wildman–Crippen LogP) is 1.37. The Bertz CT molecular complexity index is 446. The number of esters is 1. The first-order valence-corrected chi connectivity index (χ1v) is 7.29. The van der Waals surface area contributed by atoms with Crippen molar-refractivity contribution in [3.8, 4) is 0 Å². The van der Waals surface area contributed by atoms with Crippen molar-refractivity contribution in [3.63, 3.8) is 0 Å². The molecule has 0 radical (unpaired) electrons. The van der Waals surface area contributed by atoms with Gasteiger partial charge in [-0.2, -0.15) is 0 Å². The lowest BCUT2D eigenvalue weighted by Gasteiger charge is -2.34. The van der Waals surface area contributed by atoms with Gasteiger partial charge in [0.25, 0.3) is 0 Å². The van der Waals surface area contributed by atoms with Crippen molar-refractivity contribution in [1.82, 2.24) is 20.3 Å². The van der Waals surface area contributed by atoms with E-state index in [-0.39, 0.29) is 12.5 Å². The number of hydrogen-bond donors (Lipinski definition) is 1. The van der Waals surface area contributed by atoms with Crippen LogP contribution >= 0.6 is 0 Å². The van der Waals surface area contributed by atoms with Gasteiger partial charge in [-0.25, -0.2) is 4.68 Å². The van der Waals surface area contributed by atoms with E-state index in [1.165, 1.54) is 31.1 Å². The van der Waals surface area contributed by atoms with E-state index in [0.717, 1.165) is 11.6 Å². The second kappa shape index (κ2) is 6.83. The summed E-state index contributed by atoms with van der Waals surface area (Å²) in [6.07, 6.45) is 5.63. The lowest BCUT2D eigenvalue weighted by molar-refractivity contribution is -0.141. The second-order valence-electron chi connectivity index (χ2n) is 5.74. The fourth-order valence-electron chi connectivity index (χ4n) is 2.80. The molecule has 1 aromatic heterocycles. The van der Waals surface area contributed by atoms with Crippen molar-refractivity contribution < 1.29 is 9.53 Å². The third-order valence-corrected chi connectivity index (χ3v) is 4.36. The van der Waals surface area contributed by atoms with Crippen LogP contribution in [0.4, 0.5) is 0 Å². The Kier molecular flexibility index (Phi) is 5.11. The summed E-state index contributed by atoms with van der Waals surface area (Å²) >= 11 is 0. The van der Waals surface area contributed by atoms with Crippen molar-refractivity contribution in [2.45, 2.75) is 52.2 Å². The Morgan fingerprint density at radius 3 is 3.05 bits per heavy atom. The molecule has 112 valence electrons. The number of hydrogen-bond acceptors (Lipinski definition) is 5. The van der Waals surface area contributed by atoms with Crippen LogP contribution in [0.5, 0.6) is 0 Å². The summed E-state index contributed by atoms with van der Waals surface area (Å²) in [5.41, 5.74) is 0.860. The first-order valence-electron chi connectivity index (χ1n) is 7.29. The van der Waals surface area contributed by atoms with E-state index in [2.05, 4.69) is 34.2 Å². The zero-order chi connectivity index (χ0) is 14.5. The van der Waals surface area contributed by atoms with Crippen LogP contribution < -0.4 is 5.32 Å². The summed E-state index contributed by atoms with van der Waals surface area (Å²) in [6, 6.07) is 0.546. The minimum Gasteiger partial charge on any atom is -0.468 e. The second-order valence-corrected chi connectivity index (χ2v) is 5.74. The molecule has 1 N–H and O–H groups in total. The fraction of sp³-hybridized carbons (Fsp3) is 0.786. The van der Waals surface area contributed by atoms with Crippen molar-refractivity contribution >= 4 is 5.97 Å². The average Bonchev–Trinajstić information content (AvgIpc) is 2.88. The monoisotopic (exact) mass is 280 g/mol. The number of aromatic nitrogens is 3. The summed E-state index contributed by atoms with van der Waals surface area (Å²) in [6.45, 7) is 5.45. The largest absolute Gasteiger partial charge is 0.468 e. The van der Waals surface area contributed by atoms with Gasteiger partial charge in [-0.05, 0) is 18.3 Å². The minimum absolute atomic E-state index is 0.111. The van der Waals surface area contributed by atoms with E-state index >= 15 is 0 Å². The maximum Gasteiger partial charge on any atom is 0.327 e. The molecule has 1 aliphatic rings. The molecule has 1 aromatic rings. The van der Waals surface area contributed by atoms with Crippen LogP contribution in [0.1, 0.15) is 38.8 Å². The van der Waals surface area contributed by atoms with E-state index in [0.29, 0.717) is 18.5 Å². The predicted molar refractivity (Wildman–Crippen MR) is 74.8 cm³/mol. The Morgan fingerprint density at radius 1 is 1.50 bits per heavy atom. The summed E-state index contributed by atoms with van der Waals surface area (Å²) in [4.78, 5) is 11.1. The Hall–Kier alpha value is -1.43. The maximum absolute atomic E-state index is 11.1. The van der Waals surface area contributed by atoms with Gasteiger partial charge in [-0.3, -0.25) is 4.79 Å². The molecular weight excluding hydrogens is 256 g/mol. The molecular formula is C14H24N4O2. The Morgan fingerprint density at radius 2 is 2.30 bits per heavy atom.